The van der Waals surface area contributed by atoms with Crippen LogP contribution >= 0.6 is 0 Å². The Morgan fingerprint density at radius 1 is 1.70 bits per heavy atom. The first-order valence-electron chi connectivity index (χ1n) is 2.70. The quantitative estimate of drug-likeness (QED) is 0.526. The molecule has 56 valence electrons. The molecule has 5 heteroatoms. The van der Waals surface area contributed by atoms with Crippen molar-refractivity contribution in [3.63, 3.8) is 0 Å². The molecule has 0 aromatic heterocycles. The first kappa shape index (κ1) is 6.98. The molecule has 1 fully saturated rings. The molecule has 0 saturated carbocycles. The average molecular weight is 147 g/mol. The van der Waals surface area contributed by atoms with Crippen LogP contribution in [-0.4, -0.2) is 41.1 Å². The molecule has 1 aliphatic rings. The highest BCUT2D eigenvalue weighted by Crippen LogP contribution is 2.22. The Balaban J connectivity index is 2.43. The summed E-state index contributed by atoms with van der Waals surface area (Å²) in [6.45, 7) is -0.655. The summed E-state index contributed by atoms with van der Waals surface area (Å²) in [5, 5.41) is 8.20. The van der Waals surface area contributed by atoms with Crippen LogP contribution in [0.5, 0.6) is 0 Å². The fourth-order valence-electron chi connectivity index (χ4n) is 0.798. The number of rotatable bonds is 1. The van der Waals surface area contributed by atoms with Gasteiger partial charge in [0.25, 0.3) is 0 Å². The summed E-state index contributed by atoms with van der Waals surface area (Å²) in [6.07, 6.45) is -1.04. The average Bonchev–Trinajstić information content (AvgIpc) is 1.80. The van der Waals surface area contributed by atoms with Gasteiger partial charge < -0.3 is 10.0 Å². The number of halogens is 1. The number of carboxylic acid groups (broad SMARTS) is 1. The number of carbonyl (C=O) groups is 2. The van der Waals surface area contributed by atoms with E-state index in [1.165, 1.54) is 0 Å². The van der Waals surface area contributed by atoms with Crippen LogP contribution in [0.15, 0.2) is 0 Å². The van der Waals surface area contributed by atoms with Gasteiger partial charge in [-0.15, -0.1) is 0 Å². The zero-order chi connectivity index (χ0) is 7.78. The zero-order valence-corrected chi connectivity index (χ0v) is 5.08. The minimum absolute atomic E-state index is 0.145. The standard InChI is InChI=1S/C5H6FNO3/c6-5(3-8)1-7(2-5)4(9)10/h3H,1-2H2,(H,9,10). The maximum atomic E-state index is 12.6. The highest BCUT2D eigenvalue weighted by Gasteiger charge is 2.45. The molecule has 0 atom stereocenters. The lowest BCUT2D eigenvalue weighted by molar-refractivity contribution is -0.126. The van der Waals surface area contributed by atoms with Crippen LogP contribution in [0.25, 0.3) is 0 Å². The predicted molar refractivity (Wildman–Crippen MR) is 29.5 cm³/mol. The van der Waals surface area contributed by atoms with Crippen molar-refractivity contribution < 1.29 is 19.1 Å². The van der Waals surface area contributed by atoms with E-state index in [0.29, 0.717) is 0 Å². The Morgan fingerprint density at radius 2 is 2.20 bits per heavy atom. The molecule has 1 heterocycles. The Morgan fingerprint density at radius 3 is 2.50 bits per heavy atom. The van der Waals surface area contributed by atoms with Gasteiger partial charge in [-0.05, 0) is 0 Å². The molecular weight excluding hydrogens is 141 g/mol. The maximum Gasteiger partial charge on any atom is 0.407 e. The van der Waals surface area contributed by atoms with E-state index in [-0.39, 0.29) is 19.4 Å². The third kappa shape index (κ3) is 0.940. The van der Waals surface area contributed by atoms with Crippen molar-refractivity contribution in [2.24, 2.45) is 0 Å². The van der Waals surface area contributed by atoms with Crippen molar-refractivity contribution in [2.75, 3.05) is 13.1 Å². The highest BCUT2D eigenvalue weighted by atomic mass is 19.1. The summed E-state index contributed by atoms with van der Waals surface area (Å²) in [7, 11) is 0. The number of aldehydes is 1. The first-order valence-corrected chi connectivity index (χ1v) is 2.70. The molecular formula is C5H6FNO3. The summed E-state index contributed by atoms with van der Waals surface area (Å²) in [5.41, 5.74) is -1.92. The van der Waals surface area contributed by atoms with Crippen LogP contribution in [0.4, 0.5) is 9.18 Å². The van der Waals surface area contributed by atoms with Crippen molar-refractivity contribution >= 4 is 12.4 Å². The van der Waals surface area contributed by atoms with Crippen molar-refractivity contribution in [3.8, 4) is 0 Å². The van der Waals surface area contributed by atoms with E-state index >= 15 is 0 Å². The number of hydrogen-bond donors (Lipinski definition) is 1. The number of amides is 1. The lowest BCUT2D eigenvalue weighted by Crippen LogP contribution is -2.61. The first-order chi connectivity index (χ1) is 4.57. The third-order valence-electron chi connectivity index (χ3n) is 1.39. The van der Waals surface area contributed by atoms with Crippen molar-refractivity contribution in [2.45, 2.75) is 5.67 Å². The fourth-order valence-corrected chi connectivity index (χ4v) is 0.798. The molecule has 1 saturated heterocycles. The van der Waals surface area contributed by atoms with Gasteiger partial charge in [0, 0.05) is 0 Å². The Hall–Kier alpha value is -1.13. The van der Waals surface area contributed by atoms with Crippen molar-refractivity contribution in [3.05, 3.63) is 0 Å². The number of likely N-dealkylation sites (tertiary alicyclic amines) is 1. The van der Waals surface area contributed by atoms with E-state index in [4.69, 9.17) is 5.11 Å². The smallest absolute Gasteiger partial charge is 0.407 e. The van der Waals surface area contributed by atoms with E-state index in [2.05, 4.69) is 0 Å². The van der Waals surface area contributed by atoms with E-state index in [1.54, 1.807) is 0 Å². The second kappa shape index (κ2) is 1.93. The monoisotopic (exact) mass is 147 g/mol. The summed E-state index contributed by atoms with van der Waals surface area (Å²) in [6, 6.07) is 0. The molecule has 1 aliphatic heterocycles. The molecule has 0 spiro atoms. The van der Waals surface area contributed by atoms with E-state index in [1.807, 2.05) is 0 Å². The second-order valence-electron chi connectivity index (χ2n) is 2.29. The normalized spacial score (nSPS) is 21.5. The number of hydrogen-bond acceptors (Lipinski definition) is 2. The van der Waals surface area contributed by atoms with E-state index in [9.17, 15) is 14.0 Å². The molecule has 0 bridgehead atoms. The minimum Gasteiger partial charge on any atom is -0.465 e. The molecule has 1 rings (SSSR count). The molecule has 0 radical (unpaired) electrons. The Bertz CT molecular complexity index is 176. The summed E-state index contributed by atoms with van der Waals surface area (Å²) >= 11 is 0. The molecule has 0 aromatic rings. The molecule has 4 nitrogen and oxygen atoms in total. The van der Waals surface area contributed by atoms with Gasteiger partial charge in [0.05, 0.1) is 13.1 Å². The number of carbonyl (C=O) groups excluding carboxylic acids is 1. The summed E-state index contributed by atoms with van der Waals surface area (Å²) < 4.78 is 12.6. The van der Waals surface area contributed by atoms with Crippen LogP contribution in [0.3, 0.4) is 0 Å². The van der Waals surface area contributed by atoms with Crippen molar-refractivity contribution in [1.82, 2.24) is 4.90 Å². The van der Waals surface area contributed by atoms with Gasteiger partial charge in [0.15, 0.2) is 6.29 Å². The van der Waals surface area contributed by atoms with Crippen LogP contribution in [0, 0.1) is 0 Å². The van der Waals surface area contributed by atoms with Gasteiger partial charge in [-0.25, -0.2) is 9.18 Å². The predicted octanol–water partition coefficient (Wildman–Crippen LogP) is -0.113. The molecule has 1 amide bonds. The highest BCUT2D eigenvalue weighted by molar-refractivity contribution is 5.73. The van der Waals surface area contributed by atoms with Gasteiger partial charge >= 0.3 is 6.09 Å². The molecule has 0 aliphatic carbocycles. The Kier molecular flexibility index (Phi) is 1.35. The van der Waals surface area contributed by atoms with Gasteiger partial charge in [0.1, 0.15) is 0 Å². The summed E-state index contributed by atoms with van der Waals surface area (Å²) in [5.74, 6) is 0. The molecule has 10 heavy (non-hydrogen) atoms. The topological polar surface area (TPSA) is 57.6 Å². The zero-order valence-electron chi connectivity index (χ0n) is 5.08. The Labute approximate surface area is 56.2 Å². The van der Waals surface area contributed by atoms with Gasteiger partial charge in [-0.1, -0.05) is 0 Å². The molecule has 1 N–H and O–H groups in total. The van der Waals surface area contributed by atoms with Crippen molar-refractivity contribution in [1.29, 1.82) is 0 Å². The largest absolute Gasteiger partial charge is 0.465 e. The maximum absolute atomic E-state index is 12.6. The van der Waals surface area contributed by atoms with Crippen LogP contribution in [0.1, 0.15) is 0 Å². The van der Waals surface area contributed by atoms with Gasteiger partial charge in [-0.2, -0.15) is 0 Å². The summed E-state index contributed by atoms with van der Waals surface area (Å²) in [4.78, 5) is 20.8. The van der Waals surface area contributed by atoms with E-state index < -0.39 is 11.8 Å². The fraction of sp³-hybridized carbons (Fsp3) is 0.600. The molecule has 0 aromatic carbocycles. The van der Waals surface area contributed by atoms with Gasteiger partial charge in [-0.3, -0.25) is 4.79 Å². The third-order valence-corrected chi connectivity index (χ3v) is 1.39. The van der Waals surface area contributed by atoms with Crippen LogP contribution < -0.4 is 0 Å². The van der Waals surface area contributed by atoms with E-state index in [0.717, 1.165) is 4.90 Å². The number of nitrogens with zero attached hydrogens (tertiary/aromatic N) is 1. The van der Waals surface area contributed by atoms with Crippen LogP contribution in [-0.2, 0) is 4.79 Å². The SMILES string of the molecule is O=CC1(F)CN(C(=O)O)C1. The second-order valence-corrected chi connectivity index (χ2v) is 2.29. The number of alkyl halides is 1. The lowest BCUT2D eigenvalue weighted by Gasteiger charge is -2.38. The molecule has 0 unspecified atom stereocenters. The van der Waals surface area contributed by atoms with Crippen LogP contribution in [0.2, 0.25) is 0 Å². The minimum atomic E-state index is -1.92. The lowest BCUT2D eigenvalue weighted by atomic mass is 9.99. The van der Waals surface area contributed by atoms with Gasteiger partial charge in [0.2, 0.25) is 5.67 Å².